The minimum Gasteiger partial charge on any atom is -0.347 e. The Bertz CT molecular complexity index is 862. The van der Waals surface area contributed by atoms with Gasteiger partial charge in [0.2, 0.25) is 5.91 Å². The second-order valence-corrected chi connectivity index (χ2v) is 6.36. The van der Waals surface area contributed by atoms with Gasteiger partial charge >= 0.3 is 0 Å². The quantitative estimate of drug-likeness (QED) is 0.838. The predicted octanol–water partition coefficient (Wildman–Crippen LogP) is 1.75. The van der Waals surface area contributed by atoms with Crippen molar-refractivity contribution in [3.8, 4) is 0 Å². The number of amides is 3. The fourth-order valence-electron chi connectivity index (χ4n) is 3.03. The Morgan fingerprint density at radius 3 is 2.07 bits per heavy atom. The first-order valence-electron chi connectivity index (χ1n) is 8.73. The van der Waals surface area contributed by atoms with Crippen LogP contribution in [0.4, 0.5) is 5.69 Å². The summed E-state index contributed by atoms with van der Waals surface area (Å²) < 4.78 is 1.80. The van der Waals surface area contributed by atoms with Gasteiger partial charge in [-0.2, -0.15) is 0 Å². The van der Waals surface area contributed by atoms with Gasteiger partial charge in [-0.05, 0) is 42.5 Å². The van der Waals surface area contributed by atoms with E-state index in [9.17, 15) is 14.4 Å². The minimum atomic E-state index is -0.298. The van der Waals surface area contributed by atoms with Gasteiger partial charge in [0.25, 0.3) is 11.8 Å². The van der Waals surface area contributed by atoms with E-state index in [0.29, 0.717) is 43.1 Å². The third-order valence-electron chi connectivity index (χ3n) is 4.60. The number of piperazine rings is 1. The van der Waals surface area contributed by atoms with Crippen LogP contribution in [0.1, 0.15) is 20.8 Å². The minimum absolute atomic E-state index is 0.0167. The molecule has 140 valence electrons. The molecule has 1 aromatic carbocycles. The Morgan fingerprint density at radius 2 is 1.56 bits per heavy atom. The molecule has 27 heavy (non-hydrogen) atoms. The van der Waals surface area contributed by atoms with Gasteiger partial charge in [-0.1, -0.05) is 6.58 Å². The molecule has 0 radical (unpaired) electrons. The third-order valence-corrected chi connectivity index (χ3v) is 4.60. The number of carbonyl (C=O) groups excluding carboxylic acids is 3. The largest absolute Gasteiger partial charge is 0.347 e. The van der Waals surface area contributed by atoms with Gasteiger partial charge in [-0.15, -0.1) is 0 Å². The van der Waals surface area contributed by atoms with Crippen LogP contribution in [-0.2, 0) is 11.8 Å². The summed E-state index contributed by atoms with van der Waals surface area (Å²) in [7, 11) is 1.84. The van der Waals surface area contributed by atoms with Crippen LogP contribution in [0.5, 0.6) is 0 Å². The lowest BCUT2D eigenvalue weighted by atomic mass is 10.1. The molecular formula is C20H22N4O3. The Morgan fingerprint density at radius 1 is 0.963 bits per heavy atom. The number of benzene rings is 1. The van der Waals surface area contributed by atoms with Crippen molar-refractivity contribution in [3.05, 3.63) is 66.5 Å². The summed E-state index contributed by atoms with van der Waals surface area (Å²) in [6, 6.07) is 10.4. The molecule has 1 fully saturated rings. The van der Waals surface area contributed by atoms with Crippen molar-refractivity contribution in [3.63, 3.8) is 0 Å². The molecule has 1 N–H and O–H groups in total. The van der Waals surface area contributed by atoms with Crippen LogP contribution < -0.4 is 5.32 Å². The van der Waals surface area contributed by atoms with E-state index in [1.54, 1.807) is 44.7 Å². The molecule has 0 bridgehead atoms. The number of anilines is 1. The van der Waals surface area contributed by atoms with Crippen molar-refractivity contribution in [1.82, 2.24) is 14.4 Å². The second kappa shape index (κ2) is 7.90. The zero-order valence-corrected chi connectivity index (χ0v) is 15.2. The van der Waals surface area contributed by atoms with E-state index in [-0.39, 0.29) is 17.7 Å². The average molecular weight is 366 g/mol. The summed E-state index contributed by atoms with van der Waals surface area (Å²) in [5.41, 5.74) is 1.80. The highest BCUT2D eigenvalue weighted by atomic mass is 16.2. The monoisotopic (exact) mass is 366 g/mol. The Hall–Kier alpha value is -3.35. The molecule has 7 heteroatoms. The van der Waals surface area contributed by atoms with Gasteiger partial charge in [-0.25, -0.2) is 0 Å². The van der Waals surface area contributed by atoms with Gasteiger partial charge in [0.05, 0.1) is 0 Å². The summed E-state index contributed by atoms with van der Waals surface area (Å²) in [6.45, 7) is 5.39. The highest BCUT2D eigenvalue weighted by Gasteiger charge is 2.26. The molecular weight excluding hydrogens is 344 g/mol. The first-order chi connectivity index (χ1) is 13.0. The van der Waals surface area contributed by atoms with Crippen molar-refractivity contribution in [2.75, 3.05) is 31.5 Å². The van der Waals surface area contributed by atoms with Gasteiger partial charge in [0.15, 0.2) is 0 Å². The van der Waals surface area contributed by atoms with Crippen LogP contribution in [0.2, 0.25) is 0 Å². The fourth-order valence-corrected chi connectivity index (χ4v) is 3.03. The SMILES string of the molecule is C=CC(=O)Nc1ccc(C(=O)N2CCN(C(=O)c3cccn3C)CC2)cc1. The van der Waals surface area contributed by atoms with Gasteiger partial charge in [0.1, 0.15) is 5.69 Å². The normalized spacial score (nSPS) is 14.0. The molecule has 3 amide bonds. The Kier molecular flexibility index (Phi) is 5.40. The highest BCUT2D eigenvalue weighted by Crippen LogP contribution is 2.14. The van der Waals surface area contributed by atoms with Crippen molar-refractivity contribution >= 4 is 23.4 Å². The fraction of sp³-hybridized carbons (Fsp3) is 0.250. The molecule has 1 aromatic heterocycles. The Labute approximate surface area is 157 Å². The summed E-state index contributed by atoms with van der Waals surface area (Å²) >= 11 is 0. The topological polar surface area (TPSA) is 74.7 Å². The number of hydrogen-bond acceptors (Lipinski definition) is 3. The maximum atomic E-state index is 12.7. The maximum absolute atomic E-state index is 12.7. The first-order valence-corrected chi connectivity index (χ1v) is 8.73. The summed E-state index contributed by atoms with van der Waals surface area (Å²) in [5.74, 6) is -0.396. The Balaban J connectivity index is 1.58. The molecule has 0 aliphatic carbocycles. The van der Waals surface area contributed by atoms with Crippen molar-refractivity contribution in [1.29, 1.82) is 0 Å². The number of carbonyl (C=O) groups is 3. The number of aryl methyl sites for hydroxylation is 1. The van der Waals surface area contributed by atoms with Crippen LogP contribution in [-0.4, -0.2) is 58.3 Å². The predicted molar refractivity (Wildman–Crippen MR) is 102 cm³/mol. The second-order valence-electron chi connectivity index (χ2n) is 6.36. The van der Waals surface area contributed by atoms with Crippen LogP contribution in [0, 0.1) is 0 Å². The van der Waals surface area contributed by atoms with Crippen molar-refractivity contribution in [2.24, 2.45) is 7.05 Å². The van der Waals surface area contributed by atoms with E-state index in [2.05, 4.69) is 11.9 Å². The zero-order valence-electron chi connectivity index (χ0n) is 15.2. The summed E-state index contributed by atoms with van der Waals surface area (Å²) in [5, 5.41) is 2.65. The molecule has 2 aromatic rings. The van der Waals surface area contributed by atoms with Gasteiger partial charge in [0, 0.05) is 50.7 Å². The van der Waals surface area contributed by atoms with E-state index in [4.69, 9.17) is 0 Å². The third kappa shape index (κ3) is 4.08. The molecule has 1 aliphatic heterocycles. The lowest BCUT2D eigenvalue weighted by Crippen LogP contribution is -2.50. The molecule has 0 atom stereocenters. The smallest absolute Gasteiger partial charge is 0.270 e. The van der Waals surface area contributed by atoms with E-state index in [0.717, 1.165) is 0 Å². The van der Waals surface area contributed by atoms with E-state index in [1.165, 1.54) is 6.08 Å². The van der Waals surface area contributed by atoms with Crippen LogP contribution in [0.15, 0.2) is 55.3 Å². The number of hydrogen-bond donors (Lipinski definition) is 1. The molecule has 0 saturated carbocycles. The lowest BCUT2D eigenvalue weighted by Gasteiger charge is -2.34. The summed E-state index contributed by atoms with van der Waals surface area (Å²) in [4.78, 5) is 40.0. The average Bonchev–Trinajstić information content (AvgIpc) is 3.13. The first kappa shape index (κ1) is 18.4. The van der Waals surface area contributed by atoms with Crippen LogP contribution >= 0.6 is 0 Å². The number of nitrogens with zero attached hydrogens (tertiary/aromatic N) is 3. The molecule has 3 rings (SSSR count). The molecule has 0 spiro atoms. The molecule has 1 saturated heterocycles. The number of rotatable bonds is 4. The van der Waals surface area contributed by atoms with Crippen LogP contribution in [0.25, 0.3) is 0 Å². The molecule has 7 nitrogen and oxygen atoms in total. The summed E-state index contributed by atoms with van der Waals surface area (Å²) in [6.07, 6.45) is 3.03. The molecule has 0 unspecified atom stereocenters. The van der Waals surface area contributed by atoms with E-state index >= 15 is 0 Å². The number of aromatic nitrogens is 1. The van der Waals surface area contributed by atoms with Crippen molar-refractivity contribution in [2.45, 2.75) is 0 Å². The van der Waals surface area contributed by atoms with Crippen LogP contribution in [0.3, 0.4) is 0 Å². The van der Waals surface area contributed by atoms with E-state index in [1.807, 2.05) is 19.3 Å². The van der Waals surface area contributed by atoms with Crippen molar-refractivity contribution < 1.29 is 14.4 Å². The van der Waals surface area contributed by atoms with Gasteiger partial charge < -0.3 is 19.7 Å². The van der Waals surface area contributed by atoms with E-state index < -0.39 is 0 Å². The zero-order chi connectivity index (χ0) is 19.4. The highest BCUT2D eigenvalue weighted by molar-refractivity contribution is 6.00. The molecule has 1 aliphatic rings. The maximum Gasteiger partial charge on any atom is 0.270 e. The lowest BCUT2D eigenvalue weighted by molar-refractivity contribution is -0.111. The number of nitrogens with one attached hydrogen (secondary N) is 1. The molecule has 2 heterocycles. The standard InChI is InChI=1S/C20H22N4O3/c1-3-18(25)21-16-8-6-15(7-9-16)19(26)23-11-13-24(14-12-23)20(27)17-5-4-10-22(17)2/h3-10H,1,11-14H2,2H3,(H,21,25). The van der Waals surface area contributed by atoms with Gasteiger partial charge in [-0.3, -0.25) is 14.4 Å².